The van der Waals surface area contributed by atoms with E-state index in [0.29, 0.717) is 18.2 Å². The highest BCUT2D eigenvalue weighted by atomic mass is 16.5. The Hall–Kier alpha value is -2.50. The van der Waals surface area contributed by atoms with Crippen molar-refractivity contribution < 1.29 is 9.47 Å². The Labute approximate surface area is 124 Å². The van der Waals surface area contributed by atoms with Crippen LogP contribution in [0.25, 0.3) is 0 Å². The van der Waals surface area contributed by atoms with Gasteiger partial charge in [-0.25, -0.2) is 9.97 Å². The van der Waals surface area contributed by atoms with E-state index in [1.807, 2.05) is 32.0 Å². The number of aryl methyl sites for hydroxylation is 1. The topological polar surface area (TPSA) is 82.3 Å². The number of anilines is 2. The molecule has 1 aromatic heterocycles. The lowest BCUT2D eigenvalue weighted by atomic mass is 10.2. The van der Waals surface area contributed by atoms with E-state index in [1.165, 1.54) is 0 Å². The number of nitrogens with one attached hydrogen (secondary N) is 1. The molecule has 0 amide bonds. The van der Waals surface area contributed by atoms with Crippen molar-refractivity contribution in [3.05, 3.63) is 35.2 Å². The summed E-state index contributed by atoms with van der Waals surface area (Å²) in [6.45, 7) is 4.28. The van der Waals surface area contributed by atoms with Crippen molar-refractivity contribution in [2.24, 2.45) is 0 Å². The normalized spacial score (nSPS) is 10.3. The summed E-state index contributed by atoms with van der Waals surface area (Å²) in [5.41, 5.74) is 7.70. The van der Waals surface area contributed by atoms with Gasteiger partial charge >= 0.3 is 0 Å². The highest BCUT2D eigenvalue weighted by Crippen LogP contribution is 2.26. The molecule has 112 valence electrons. The van der Waals surface area contributed by atoms with Gasteiger partial charge in [-0.3, -0.25) is 0 Å². The fourth-order valence-electron chi connectivity index (χ4n) is 2.00. The lowest BCUT2D eigenvalue weighted by molar-refractivity contribution is 0.391. The molecule has 0 aliphatic carbocycles. The van der Waals surface area contributed by atoms with Gasteiger partial charge in [0.05, 0.1) is 14.2 Å². The summed E-state index contributed by atoms with van der Waals surface area (Å²) in [6.07, 6.45) is 0. The molecule has 0 spiro atoms. The molecule has 0 radical (unpaired) electrons. The maximum Gasteiger partial charge on any atom is 0.135 e. The maximum atomic E-state index is 5.85. The first-order chi connectivity index (χ1) is 10.0. The van der Waals surface area contributed by atoms with Crippen molar-refractivity contribution in [3.8, 4) is 11.5 Å². The molecule has 3 N–H and O–H groups in total. The van der Waals surface area contributed by atoms with Crippen LogP contribution in [0.15, 0.2) is 18.2 Å². The number of methoxy groups -OCH3 is 2. The molecule has 6 heteroatoms. The molecule has 2 aromatic rings. The molecule has 0 aliphatic rings. The summed E-state index contributed by atoms with van der Waals surface area (Å²) in [6, 6.07) is 5.70. The predicted octanol–water partition coefficient (Wildman–Crippen LogP) is 2.30. The van der Waals surface area contributed by atoms with Crippen LogP contribution >= 0.6 is 0 Å². The van der Waals surface area contributed by atoms with E-state index in [0.717, 1.165) is 28.4 Å². The SMILES string of the molecule is COc1ccc(CNc2nc(C)nc(N)c2C)c(OC)c1. The number of aromatic nitrogens is 2. The number of rotatable bonds is 5. The molecule has 1 heterocycles. The quantitative estimate of drug-likeness (QED) is 0.878. The van der Waals surface area contributed by atoms with E-state index >= 15 is 0 Å². The van der Waals surface area contributed by atoms with Crippen LogP contribution in [0.3, 0.4) is 0 Å². The molecular weight excluding hydrogens is 268 g/mol. The van der Waals surface area contributed by atoms with Crippen LogP contribution in [0.1, 0.15) is 17.0 Å². The van der Waals surface area contributed by atoms with Crippen molar-refractivity contribution in [1.29, 1.82) is 0 Å². The van der Waals surface area contributed by atoms with Gasteiger partial charge in [-0.15, -0.1) is 0 Å². The standard InChI is InChI=1S/C15H20N4O2/c1-9-14(16)18-10(2)19-15(9)17-8-11-5-6-12(20-3)7-13(11)21-4/h5-7H,8H2,1-4H3,(H3,16,17,18,19). The minimum absolute atomic E-state index is 0.492. The van der Waals surface area contributed by atoms with E-state index in [1.54, 1.807) is 14.2 Å². The number of nitrogens with two attached hydrogens (primary N) is 1. The molecule has 0 saturated carbocycles. The third kappa shape index (κ3) is 3.34. The first-order valence-electron chi connectivity index (χ1n) is 6.60. The first kappa shape index (κ1) is 14.9. The molecule has 0 saturated heterocycles. The summed E-state index contributed by atoms with van der Waals surface area (Å²) >= 11 is 0. The van der Waals surface area contributed by atoms with Gasteiger partial charge in [0.2, 0.25) is 0 Å². The van der Waals surface area contributed by atoms with E-state index in [2.05, 4.69) is 15.3 Å². The Morgan fingerprint density at radius 2 is 1.90 bits per heavy atom. The summed E-state index contributed by atoms with van der Waals surface area (Å²) in [5, 5.41) is 3.27. The summed E-state index contributed by atoms with van der Waals surface area (Å²) < 4.78 is 10.6. The zero-order valence-electron chi connectivity index (χ0n) is 12.7. The van der Waals surface area contributed by atoms with Crippen molar-refractivity contribution in [2.75, 3.05) is 25.3 Å². The predicted molar refractivity (Wildman–Crippen MR) is 82.8 cm³/mol. The molecule has 0 aliphatic heterocycles. The summed E-state index contributed by atoms with van der Waals surface area (Å²) in [4.78, 5) is 8.50. The van der Waals surface area contributed by atoms with Gasteiger partial charge < -0.3 is 20.5 Å². The smallest absolute Gasteiger partial charge is 0.135 e. The lowest BCUT2D eigenvalue weighted by Crippen LogP contribution is -2.08. The maximum absolute atomic E-state index is 5.85. The van der Waals surface area contributed by atoms with Gasteiger partial charge in [-0.1, -0.05) is 0 Å². The minimum atomic E-state index is 0.492. The molecule has 21 heavy (non-hydrogen) atoms. The Balaban J connectivity index is 2.20. The minimum Gasteiger partial charge on any atom is -0.497 e. The van der Waals surface area contributed by atoms with Crippen LogP contribution in [0, 0.1) is 13.8 Å². The van der Waals surface area contributed by atoms with Gasteiger partial charge in [-0.2, -0.15) is 0 Å². The Bertz CT molecular complexity index is 644. The zero-order chi connectivity index (χ0) is 15.4. The van der Waals surface area contributed by atoms with E-state index in [4.69, 9.17) is 15.2 Å². The highest BCUT2D eigenvalue weighted by molar-refractivity contribution is 5.55. The van der Waals surface area contributed by atoms with E-state index in [9.17, 15) is 0 Å². The number of hydrogen-bond acceptors (Lipinski definition) is 6. The summed E-state index contributed by atoms with van der Waals surface area (Å²) in [7, 11) is 3.26. The highest BCUT2D eigenvalue weighted by Gasteiger charge is 2.09. The average molecular weight is 288 g/mol. The van der Waals surface area contributed by atoms with Crippen LogP contribution in [-0.4, -0.2) is 24.2 Å². The lowest BCUT2D eigenvalue weighted by Gasteiger charge is -2.13. The number of ether oxygens (including phenoxy) is 2. The molecule has 0 unspecified atom stereocenters. The fraction of sp³-hybridized carbons (Fsp3) is 0.333. The zero-order valence-corrected chi connectivity index (χ0v) is 12.7. The van der Waals surface area contributed by atoms with Crippen LogP contribution in [0.5, 0.6) is 11.5 Å². The molecule has 1 aromatic carbocycles. The average Bonchev–Trinajstić information content (AvgIpc) is 2.49. The largest absolute Gasteiger partial charge is 0.497 e. The van der Waals surface area contributed by atoms with Gasteiger partial charge in [0, 0.05) is 23.7 Å². The second kappa shape index (κ2) is 6.30. The number of nitrogen functional groups attached to an aromatic ring is 1. The summed E-state index contributed by atoms with van der Waals surface area (Å²) in [5.74, 6) is 3.39. The Kier molecular flexibility index (Phi) is 4.47. The van der Waals surface area contributed by atoms with Gasteiger partial charge in [0.1, 0.15) is 29.0 Å². The van der Waals surface area contributed by atoms with Crippen LogP contribution in [0.4, 0.5) is 11.6 Å². The fourth-order valence-corrected chi connectivity index (χ4v) is 2.00. The molecule has 0 fully saturated rings. The monoisotopic (exact) mass is 288 g/mol. The second-order valence-electron chi connectivity index (χ2n) is 4.66. The van der Waals surface area contributed by atoms with E-state index in [-0.39, 0.29) is 0 Å². The Morgan fingerprint density at radius 1 is 1.14 bits per heavy atom. The van der Waals surface area contributed by atoms with Crippen molar-refractivity contribution in [3.63, 3.8) is 0 Å². The molecule has 0 bridgehead atoms. The third-order valence-corrected chi connectivity index (χ3v) is 3.24. The third-order valence-electron chi connectivity index (χ3n) is 3.24. The van der Waals surface area contributed by atoms with Crippen LogP contribution in [0.2, 0.25) is 0 Å². The molecule has 2 rings (SSSR count). The molecular formula is C15H20N4O2. The number of benzene rings is 1. The molecule has 0 atom stereocenters. The van der Waals surface area contributed by atoms with Crippen LogP contribution < -0.4 is 20.5 Å². The number of nitrogens with zero attached hydrogens (tertiary/aromatic N) is 2. The first-order valence-corrected chi connectivity index (χ1v) is 6.60. The van der Waals surface area contributed by atoms with E-state index < -0.39 is 0 Å². The van der Waals surface area contributed by atoms with Crippen molar-refractivity contribution in [1.82, 2.24) is 9.97 Å². The van der Waals surface area contributed by atoms with Crippen LogP contribution in [-0.2, 0) is 6.54 Å². The van der Waals surface area contributed by atoms with Gasteiger partial charge in [0.25, 0.3) is 0 Å². The number of hydrogen-bond donors (Lipinski definition) is 2. The van der Waals surface area contributed by atoms with Crippen molar-refractivity contribution >= 4 is 11.6 Å². The second-order valence-corrected chi connectivity index (χ2v) is 4.66. The molecule has 6 nitrogen and oxygen atoms in total. The van der Waals surface area contributed by atoms with Gasteiger partial charge in [-0.05, 0) is 26.0 Å². The van der Waals surface area contributed by atoms with Gasteiger partial charge in [0.15, 0.2) is 0 Å². The van der Waals surface area contributed by atoms with Crippen molar-refractivity contribution in [2.45, 2.75) is 20.4 Å². The Morgan fingerprint density at radius 3 is 2.57 bits per heavy atom.